The van der Waals surface area contributed by atoms with Crippen LogP contribution in [-0.2, 0) is 6.54 Å². The smallest absolute Gasteiger partial charge is 0.336 e. The van der Waals surface area contributed by atoms with Crippen LogP contribution >= 0.6 is 11.3 Å². The first-order chi connectivity index (χ1) is 9.95. The number of aryl methyl sites for hydroxylation is 2. The molecular weight excluding hydrogens is 290 g/mol. The zero-order chi connectivity index (χ0) is 15.4. The monoisotopic (exact) mass is 305 g/mol. The molecule has 2 amide bonds. The molecular formula is C14H15N3O3S. The molecule has 1 heterocycles. The summed E-state index contributed by atoms with van der Waals surface area (Å²) in [5.74, 6) is -1.02. The summed E-state index contributed by atoms with van der Waals surface area (Å²) in [7, 11) is 0. The molecule has 0 bridgehead atoms. The van der Waals surface area contributed by atoms with Crippen LogP contribution in [0.4, 0.5) is 10.5 Å². The van der Waals surface area contributed by atoms with Crippen LogP contribution in [0.2, 0.25) is 0 Å². The highest BCUT2D eigenvalue weighted by Crippen LogP contribution is 2.15. The molecule has 0 fully saturated rings. The topological polar surface area (TPSA) is 91.3 Å². The molecule has 0 saturated heterocycles. The summed E-state index contributed by atoms with van der Waals surface area (Å²) in [6.07, 6.45) is 1.72. The van der Waals surface area contributed by atoms with Gasteiger partial charge in [-0.1, -0.05) is 6.07 Å². The Bertz CT molecular complexity index is 682. The second-order valence-electron chi connectivity index (χ2n) is 4.49. The van der Waals surface area contributed by atoms with Crippen molar-refractivity contribution in [2.45, 2.75) is 20.4 Å². The molecule has 0 aliphatic rings. The number of amides is 2. The lowest BCUT2D eigenvalue weighted by atomic mass is 10.1. The van der Waals surface area contributed by atoms with Crippen molar-refractivity contribution in [2.24, 2.45) is 0 Å². The number of nitrogens with zero attached hydrogens (tertiary/aromatic N) is 1. The van der Waals surface area contributed by atoms with Crippen LogP contribution in [0.25, 0.3) is 0 Å². The molecule has 0 aliphatic carbocycles. The first kappa shape index (κ1) is 15.0. The first-order valence-electron chi connectivity index (χ1n) is 6.26. The fourth-order valence-corrected chi connectivity index (χ4v) is 2.49. The number of rotatable bonds is 4. The molecule has 2 rings (SSSR count). The lowest BCUT2D eigenvalue weighted by molar-refractivity contribution is 0.0696. The molecule has 1 aromatic carbocycles. The Hall–Kier alpha value is -2.41. The molecule has 1 aromatic heterocycles. The number of carbonyl (C=O) groups excluding carboxylic acids is 1. The number of carboxylic acid groups (broad SMARTS) is 1. The van der Waals surface area contributed by atoms with Crippen molar-refractivity contribution in [1.82, 2.24) is 10.3 Å². The summed E-state index contributed by atoms with van der Waals surface area (Å²) in [6.45, 7) is 3.99. The van der Waals surface area contributed by atoms with Gasteiger partial charge in [0.2, 0.25) is 0 Å². The Morgan fingerprint density at radius 3 is 2.71 bits per heavy atom. The third kappa shape index (κ3) is 4.03. The summed E-state index contributed by atoms with van der Waals surface area (Å²) in [6, 6.07) is 4.37. The van der Waals surface area contributed by atoms with Crippen LogP contribution in [0.5, 0.6) is 0 Å². The van der Waals surface area contributed by atoms with Crippen molar-refractivity contribution < 1.29 is 14.7 Å². The SMILES string of the molecule is Cc1ncc(CNC(=O)Nc2ccc(C)c(C(=O)O)c2)s1. The second kappa shape index (κ2) is 6.36. The predicted octanol–water partition coefficient (Wildman–Crippen LogP) is 2.78. The normalized spacial score (nSPS) is 10.2. The average Bonchev–Trinajstić information content (AvgIpc) is 2.84. The van der Waals surface area contributed by atoms with Crippen LogP contribution in [0, 0.1) is 13.8 Å². The van der Waals surface area contributed by atoms with Gasteiger partial charge >= 0.3 is 12.0 Å². The van der Waals surface area contributed by atoms with Crippen molar-refractivity contribution in [2.75, 3.05) is 5.32 Å². The minimum Gasteiger partial charge on any atom is -0.478 e. The number of aromatic nitrogens is 1. The molecule has 0 aliphatic heterocycles. The Morgan fingerprint density at radius 2 is 2.10 bits per heavy atom. The van der Waals surface area contributed by atoms with Crippen molar-refractivity contribution in [3.63, 3.8) is 0 Å². The minimum atomic E-state index is -1.02. The number of hydrogen-bond acceptors (Lipinski definition) is 4. The van der Waals surface area contributed by atoms with E-state index in [-0.39, 0.29) is 11.6 Å². The van der Waals surface area contributed by atoms with Crippen LogP contribution in [0.1, 0.15) is 25.8 Å². The highest BCUT2D eigenvalue weighted by molar-refractivity contribution is 7.11. The Balaban J connectivity index is 1.96. The van der Waals surface area contributed by atoms with Gasteiger partial charge in [-0.15, -0.1) is 11.3 Å². The van der Waals surface area contributed by atoms with E-state index in [4.69, 9.17) is 5.11 Å². The van der Waals surface area contributed by atoms with Gasteiger partial charge in [0.1, 0.15) is 0 Å². The van der Waals surface area contributed by atoms with Gasteiger partial charge in [0.15, 0.2) is 0 Å². The van der Waals surface area contributed by atoms with E-state index in [0.717, 1.165) is 9.88 Å². The Kier molecular flexibility index (Phi) is 4.54. The van der Waals surface area contributed by atoms with Crippen LogP contribution in [-0.4, -0.2) is 22.1 Å². The lowest BCUT2D eigenvalue weighted by Crippen LogP contribution is -2.28. The second-order valence-corrected chi connectivity index (χ2v) is 5.81. The minimum absolute atomic E-state index is 0.172. The maximum Gasteiger partial charge on any atom is 0.336 e. The van der Waals surface area contributed by atoms with Crippen molar-refractivity contribution in [1.29, 1.82) is 0 Å². The number of benzene rings is 1. The van der Waals surface area contributed by atoms with Crippen LogP contribution in [0.3, 0.4) is 0 Å². The van der Waals surface area contributed by atoms with Gasteiger partial charge in [-0.2, -0.15) is 0 Å². The molecule has 2 aromatic rings. The molecule has 0 saturated carbocycles. The van der Waals surface area contributed by atoms with Gasteiger partial charge in [0, 0.05) is 16.8 Å². The molecule has 110 valence electrons. The number of hydrogen-bond donors (Lipinski definition) is 3. The quantitative estimate of drug-likeness (QED) is 0.810. The highest BCUT2D eigenvalue weighted by Gasteiger charge is 2.09. The number of thiazole rings is 1. The maximum atomic E-state index is 11.8. The van der Waals surface area contributed by atoms with E-state index < -0.39 is 5.97 Å². The molecule has 7 heteroatoms. The molecule has 0 spiro atoms. The van der Waals surface area contributed by atoms with Crippen molar-refractivity contribution in [3.8, 4) is 0 Å². The van der Waals surface area contributed by atoms with Crippen molar-refractivity contribution in [3.05, 3.63) is 45.4 Å². The summed E-state index contributed by atoms with van der Waals surface area (Å²) in [5.41, 5.74) is 1.26. The van der Waals surface area contributed by atoms with E-state index in [0.29, 0.717) is 17.8 Å². The van der Waals surface area contributed by atoms with Crippen LogP contribution in [0.15, 0.2) is 24.4 Å². The van der Waals surface area contributed by atoms with Gasteiger partial charge in [0.05, 0.1) is 17.1 Å². The first-order valence-corrected chi connectivity index (χ1v) is 7.07. The number of carbonyl (C=O) groups is 2. The van der Waals surface area contributed by atoms with Gasteiger partial charge < -0.3 is 15.7 Å². The third-order valence-corrected chi connectivity index (χ3v) is 3.73. The summed E-state index contributed by atoms with van der Waals surface area (Å²) < 4.78 is 0. The van der Waals surface area contributed by atoms with Gasteiger partial charge in [-0.05, 0) is 31.5 Å². The zero-order valence-corrected chi connectivity index (χ0v) is 12.5. The van der Waals surface area contributed by atoms with Crippen molar-refractivity contribution >= 4 is 29.0 Å². The fourth-order valence-electron chi connectivity index (χ4n) is 1.76. The van der Waals surface area contributed by atoms with E-state index in [1.807, 2.05) is 6.92 Å². The molecule has 3 N–H and O–H groups in total. The van der Waals surface area contributed by atoms with E-state index in [2.05, 4.69) is 15.6 Å². The van der Waals surface area contributed by atoms with E-state index in [1.165, 1.54) is 17.4 Å². The van der Waals surface area contributed by atoms with Gasteiger partial charge in [0.25, 0.3) is 0 Å². The molecule has 0 atom stereocenters. The largest absolute Gasteiger partial charge is 0.478 e. The van der Waals surface area contributed by atoms with E-state index in [1.54, 1.807) is 25.3 Å². The standard InChI is InChI=1S/C14H15N3O3S/c1-8-3-4-10(5-12(8)13(18)19)17-14(20)16-7-11-6-15-9(2)21-11/h3-6H,7H2,1-2H3,(H,18,19)(H2,16,17,20). The number of carboxylic acids is 1. The van der Waals surface area contributed by atoms with Crippen LogP contribution < -0.4 is 10.6 Å². The van der Waals surface area contributed by atoms with E-state index >= 15 is 0 Å². The molecule has 21 heavy (non-hydrogen) atoms. The van der Waals surface area contributed by atoms with Gasteiger partial charge in [-0.3, -0.25) is 0 Å². The summed E-state index contributed by atoms with van der Waals surface area (Å²) >= 11 is 1.51. The molecule has 0 unspecified atom stereocenters. The molecule has 6 nitrogen and oxygen atoms in total. The highest BCUT2D eigenvalue weighted by atomic mass is 32.1. The number of anilines is 1. The number of urea groups is 1. The number of aromatic carboxylic acids is 1. The predicted molar refractivity (Wildman–Crippen MR) is 80.8 cm³/mol. The fraction of sp³-hybridized carbons (Fsp3) is 0.214. The third-order valence-electron chi connectivity index (χ3n) is 2.82. The lowest BCUT2D eigenvalue weighted by Gasteiger charge is -2.08. The van der Waals surface area contributed by atoms with E-state index in [9.17, 15) is 9.59 Å². The molecule has 0 radical (unpaired) electrons. The Labute approximate surface area is 125 Å². The zero-order valence-electron chi connectivity index (χ0n) is 11.6. The average molecular weight is 305 g/mol. The summed E-state index contributed by atoms with van der Waals surface area (Å²) in [4.78, 5) is 27.9. The Morgan fingerprint density at radius 1 is 1.33 bits per heavy atom. The number of nitrogens with one attached hydrogen (secondary N) is 2. The maximum absolute atomic E-state index is 11.8. The van der Waals surface area contributed by atoms with Gasteiger partial charge in [-0.25, -0.2) is 14.6 Å². The summed E-state index contributed by atoms with van der Waals surface area (Å²) in [5, 5.41) is 15.3.